The van der Waals surface area contributed by atoms with Crippen LogP contribution in [0.15, 0.2) is 18.2 Å². The molecule has 0 N–H and O–H groups in total. The molecule has 0 bridgehead atoms. The van der Waals surface area contributed by atoms with Gasteiger partial charge in [-0.1, -0.05) is 18.2 Å². The van der Waals surface area contributed by atoms with Gasteiger partial charge in [0, 0.05) is 41.4 Å². The average Bonchev–Trinajstić information content (AvgIpc) is 2.60. The van der Waals surface area contributed by atoms with Gasteiger partial charge in [0.1, 0.15) is 0 Å². The summed E-state index contributed by atoms with van der Waals surface area (Å²) in [5.74, 6) is 0. The summed E-state index contributed by atoms with van der Waals surface area (Å²) in [6.45, 7) is 2.83. The highest BCUT2D eigenvalue weighted by Crippen LogP contribution is 2.32. The van der Waals surface area contributed by atoms with E-state index in [-0.39, 0.29) is 0 Å². The molecule has 0 saturated carbocycles. The highest BCUT2D eigenvalue weighted by molar-refractivity contribution is 14.2. The molecule has 14 heavy (non-hydrogen) atoms. The van der Waals surface area contributed by atoms with Crippen LogP contribution in [0.5, 0.6) is 0 Å². The van der Waals surface area contributed by atoms with E-state index in [1.54, 1.807) is 16.2 Å². The van der Waals surface area contributed by atoms with Gasteiger partial charge in [0.2, 0.25) is 0 Å². The van der Waals surface area contributed by atoms with Crippen LogP contribution in [0.1, 0.15) is 16.7 Å². The molecule has 0 atom stereocenters. The molecule has 76 valence electrons. The third-order valence-electron chi connectivity index (χ3n) is 2.37. The first-order valence-electron chi connectivity index (χ1n) is 4.46. The molecule has 0 aliphatic carbocycles. The minimum atomic E-state index is 0.713. The van der Waals surface area contributed by atoms with Gasteiger partial charge < -0.3 is 4.74 Å². The Morgan fingerprint density at radius 1 is 1.43 bits per heavy atom. The van der Waals surface area contributed by atoms with Gasteiger partial charge in [0.25, 0.3) is 0 Å². The second-order valence-electron chi connectivity index (χ2n) is 3.40. The lowest BCUT2D eigenvalue weighted by Crippen LogP contribution is -2.01. The standard InChI is InChI=1S/C10H12INOS/c1-13-7-8-2-3-9-5-12(14-11)6-10(9)4-8/h2-4H,5-7H2,1H3. The van der Waals surface area contributed by atoms with Crippen molar-refractivity contribution < 1.29 is 4.74 Å². The number of hydrogen-bond acceptors (Lipinski definition) is 3. The molecule has 2 nitrogen and oxygen atoms in total. The third kappa shape index (κ3) is 2.24. The molecule has 0 spiro atoms. The molecule has 0 radical (unpaired) electrons. The van der Waals surface area contributed by atoms with Crippen molar-refractivity contribution in [1.82, 2.24) is 4.31 Å². The number of halogens is 1. The SMILES string of the molecule is COCc1ccc2c(c1)CN(SI)C2. The van der Waals surface area contributed by atoms with E-state index >= 15 is 0 Å². The van der Waals surface area contributed by atoms with E-state index in [0.29, 0.717) is 6.61 Å². The van der Waals surface area contributed by atoms with Crippen LogP contribution in [0.25, 0.3) is 0 Å². The van der Waals surface area contributed by atoms with Crippen molar-refractivity contribution in [2.24, 2.45) is 0 Å². The zero-order valence-electron chi connectivity index (χ0n) is 8.00. The number of fused-ring (bicyclic) bond motifs is 1. The zero-order valence-corrected chi connectivity index (χ0v) is 11.0. The topological polar surface area (TPSA) is 12.5 Å². The largest absolute Gasteiger partial charge is 0.380 e. The van der Waals surface area contributed by atoms with Crippen LogP contribution in [0.2, 0.25) is 0 Å². The van der Waals surface area contributed by atoms with Gasteiger partial charge >= 0.3 is 0 Å². The van der Waals surface area contributed by atoms with Crippen LogP contribution in [-0.4, -0.2) is 11.4 Å². The van der Waals surface area contributed by atoms with Gasteiger partial charge in [-0.15, -0.1) is 0 Å². The van der Waals surface area contributed by atoms with Gasteiger partial charge in [-0.3, -0.25) is 0 Å². The Kier molecular flexibility index (Phi) is 3.70. The van der Waals surface area contributed by atoms with E-state index in [9.17, 15) is 0 Å². The summed E-state index contributed by atoms with van der Waals surface area (Å²) in [5.41, 5.74) is 4.17. The van der Waals surface area contributed by atoms with E-state index < -0.39 is 0 Å². The lowest BCUT2D eigenvalue weighted by atomic mass is 10.1. The van der Waals surface area contributed by atoms with Crippen molar-refractivity contribution in [2.75, 3.05) is 7.11 Å². The van der Waals surface area contributed by atoms with Crippen molar-refractivity contribution in [2.45, 2.75) is 19.7 Å². The Bertz CT molecular complexity index is 332. The fourth-order valence-corrected chi connectivity index (χ4v) is 2.93. The minimum absolute atomic E-state index is 0.713. The van der Waals surface area contributed by atoms with Crippen molar-refractivity contribution in [1.29, 1.82) is 0 Å². The van der Waals surface area contributed by atoms with E-state index in [4.69, 9.17) is 4.74 Å². The van der Waals surface area contributed by atoms with Gasteiger partial charge in [-0.25, -0.2) is 4.31 Å². The number of rotatable bonds is 3. The molecule has 0 amide bonds. The zero-order chi connectivity index (χ0) is 9.97. The smallest absolute Gasteiger partial charge is 0.0713 e. The van der Waals surface area contributed by atoms with Crippen LogP contribution >= 0.6 is 30.3 Å². The van der Waals surface area contributed by atoms with Crippen LogP contribution in [0, 0.1) is 0 Å². The number of methoxy groups -OCH3 is 1. The summed E-state index contributed by atoms with van der Waals surface area (Å²) in [4.78, 5) is 0. The summed E-state index contributed by atoms with van der Waals surface area (Å²) in [5, 5.41) is 0. The summed E-state index contributed by atoms with van der Waals surface area (Å²) < 4.78 is 7.47. The maximum absolute atomic E-state index is 5.12. The Morgan fingerprint density at radius 2 is 2.21 bits per heavy atom. The molecule has 0 aromatic heterocycles. The quantitative estimate of drug-likeness (QED) is 0.627. The number of nitrogens with zero attached hydrogens (tertiary/aromatic N) is 1. The molecular formula is C10H12INOS. The highest BCUT2D eigenvalue weighted by atomic mass is 127. The molecule has 0 fully saturated rings. The second kappa shape index (κ2) is 4.83. The second-order valence-corrected chi connectivity index (χ2v) is 5.24. The van der Waals surface area contributed by atoms with Crippen LogP contribution in [0.4, 0.5) is 0 Å². The lowest BCUT2D eigenvalue weighted by molar-refractivity contribution is 0.185. The highest BCUT2D eigenvalue weighted by Gasteiger charge is 2.18. The van der Waals surface area contributed by atoms with Crippen molar-refractivity contribution in [3.05, 3.63) is 34.9 Å². The summed E-state index contributed by atoms with van der Waals surface area (Å²) in [6.07, 6.45) is 0. The first-order chi connectivity index (χ1) is 6.83. The van der Waals surface area contributed by atoms with Crippen LogP contribution in [0.3, 0.4) is 0 Å². The van der Waals surface area contributed by atoms with Crippen molar-refractivity contribution >= 4 is 30.3 Å². The van der Waals surface area contributed by atoms with Gasteiger partial charge in [-0.05, 0) is 25.8 Å². The predicted octanol–water partition coefficient (Wildman–Crippen LogP) is 3.15. The Balaban J connectivity index is 2.17. The first kappa shape index (κ1) is 10.7. The lowest BCUT2D eigenvalue weighted by Gasteiger charge is -2.06. The molecule has 0 unspecified atom stereocenters. The molecule has 1 heterocycles. The van der Waals surface area contributed by atoms with Crippen molar-refractivity contribution in [3.8, 4) is 0 Å². The van der Waals surface area contributed by atoms with Gasteiger partial charge in [0.15, 0.2) is 0 Å². The molecular weight excluding hydrogens is 309 g/mol. The Labute approximate surface area is 101 Å². The van der Waals surface area contributed by atoms with E-state index in [1.165, 1.54) is 16.7 Å². The van der Waals surface area contributed by atoms with E-state index in [0.717, 1.165) is 13.1 Å². The third-order valence-corrected chi connectivity index (χ3v) is 4.50. The van der Waals surface area contributed by atoms with E-state index in [2.05, 4.69) is 43.7 Å². The average molecular weight is 321 g/mol. The molecule has 4 heteroatoms. The van der Waals surface area contributed by atoms with Crippen LogP contribution < -0.4 is 0 Å². The molecule has 1 aliphatic heterocycles. The fraction of sp³-hybridized carbons (Fsp3) is 0.400. The maximum Gasteiger partial charge on any atom is 0.0713 e. The minimum Gasteiger partial charge on any atom is -0.380 e. The number of ether oxygens (including phenoxy) is 1. The maximum atomic E-state index is 5.12. The van der Waals surface area contributed by atoms with E-state index in [1.807, 2.05) is 0 Å². The van der Waals surface area contributed by atoms with Gasteiger partial charge in [0.05, 0.1) is 6.61 Å². The number of hydrogen-bond donors (Lipinski definition) is 0. The number of benzene rings is 1. The Hall–Kier alpha value is 0.220. The molecule has 1 aromatic rings. The molecule has 1 aliphatic rings. The Morgan fingerprint density at radius 3 is 2.93 bits per heavy atom. The van der Waals surface area contributed by atoms with Gasteiger partial charge in [-0.2, -0.15) is 0 Å². The van der Waals surface area contributed by atoms with Crippen LogP contribution in [-0.2, 0) is 24.4 Å². The molecule has 0 saturated heterocycles. The summed E-state index contributed by atoms with van der Waals surface area (Å²) in [6, 6.07) is 6.63. The normalized spacial score (nSPS) is 15.9. The first-order valence-corrected chi connectivity index (χ1v) is 7.78. The molecule has 1 aromatic carbocycles. The molecule has 2 rings (SSSR count). The fourth-order valence-electron chi connectivity index (χ4n) is 1.72. The monoisotopic (exact) mass is 321 g/mol. The summed E-state index contributed by atoms with van der Waals surface area (Å²) >= 11 is 2.33. The summed E-state index contributed by atoms with van der Waals surface area (Å²) in [7, 11) is 3.52. The predicted molar refractivity (Wildman–Crippen MR) is 68.0 cm³/mol. The van der Waals surface area contributed by atoms with Crippen molar-refractivity contribution in [3.63, 3.8) is 0 Å².